The lowest BCUT2D eigenvalue weighted by Gasteiger charge is -2.31. The maximum atomic E-state index is 13.0. The molecule has 0 radical (unpaired) electrons. The van der Waals surface area contributed by atoms with Crippen LogP contribution in [0.15, 0.2) is 48.5 Å². The number of anilines is 1. The van der Waals surface area contributed by atoms with Crippen LogP contribution in [-0.4, -0.2) is 60.9 Å². The number of benzene rings is 2. The van der Waals surface area contributed by atoms with Crippen LogP contribution >= 0.6 is 11.6 Å². The van der Waals surface area contributed by atoms with Crippen LogP contribution in [0.3, 0.4) is 0 Å². The molecule has 2 aliphatic heterocycles. The molecule has 0 bridgehead atoms. The van der Waals surface area contributed by atoms with Crippen LogP contribution in [0.25, 0.3) is 0 Å². The van der Waals surface area contributed by atoms with Gasteiger partial charge in [-0.15, -0.1) is 0 Å². The summed E-state index contributed by atoms with van der Waals surface area (Å²) in [4.78, 5) is 31.1. The standard InChI is InChI=1S/C22H24ClN3O3/c23-18-7-8-20-19(13-18)26(22(28)16-29-20)15-21(27)25-10-4-9-24(11-12-25)14-17-5-2-1-3-6-17/h1-3,5-8,13H,4,9-12,14-16H2. The highest BCUT2D eigenvalue weighted by Gasteiger charge is 2.29. The summed E-state index contributed by atoms with van der Waals surface area (Å²) in [5, 5.41) is 0.505. The van der Waals surface area contributed by atoms with Gasteiger partial charge in [0.1, 0.15) is 12.3 Å². The molecule has 0 spiro atoms. The largest absolute Gasteiger partial charge is 0.482 e. The fraction of sp³-hybridized carbons (Fsp3) is 0.364. The van der Waals surface area contributed by atoms with Crippen LogP contribution in [0.4, 0.5) is 5.69 Å². The third kappa shape index (κ3) is 4.71. The molecule has 0 aliphatic carbocycles. The molecule has 152 valence electrons. The van der Waals surface area contributed by atoms with E-state index < -0.39 is 0 Å². The number of fused-ring (bicyclic) bond motifs is 1. The molecule has 1 saturated heterocycles. The van der Waals surface area contributed by atoms with Crippen molar-refractivity contribution in [1.82, 2.24) is 9.80 Å². The first-order valence-corrected chi connectivity index (χ1v) is 10.2. The highest BCUT2D eigenvalue weighted by atomic mass is 35.5. The van der Waals surface area contributed by atoms with Gasteiger partial charge in [-0.1, -0.05) is 41.9 Å². The zero-order valence-electron chi connectivity index (χ0n) is 16.2. The van der Waals surface area contributed by atoms with E-state index in [0.717, 1.165) is 26.1 Å². The molecule has 0 saturated carbocycles. The van der Waals surface area contributed by atoms with Crippen molar-refractivity contribution in [2.24, 2.45) is 0 Å². The maximum Gasteiger partial charge on any atom is 0.265 e. The monoisotopic (exact) mass is 413 g/mol. The first kappa shape index (κ1) is 19.7. The van der Waals surface area contributed by atoms with E-state index in [1.165, 1.54) is 10.5 Å². The van der Waals surface area contributed by atoms with Crippen molar-refractivity contribution in [2.75, 3.05) is 44.2 Å². The van der Waals surface area contributed by atoms with Gasteiger partial charge in [-0.3, -0.25) is 19.4 Å². The predicted molar refractivity (Wildman–Crippen MR) is 112 cm³/mol. The lowest BCUT2D eigenvalue weighted by molar-refractivity contribution is -0.131. The number of amides is 2. The van der Waals surface area contributed by atoms with Crippen molar-refractivity contribution in [3.8, 4) is 5.75 Å². The van der Waals surface area contributed by atoms with Crippen molar-refractivity contribution in [3.63, 3.8) is 0 Å². The van der Waals surface area contributed by atoms with Gasteiger partial charge in [-0.2, -0.15) is 0 Å². The van der Waals surface area contributed by atoms with Crippen LogP contribution < -0.4 is 9.64 Å². The zero-order chi connectivity index (χ0) is 20.2. The van der Waals surface area contributed by atoms with E-state index in [0.29, 0.717) is 29.5 Å². The second kappa shape index (κ2) is 8.84. The molecule has 0 N–H and O–H groups in total. The van der Waals surface area contributed by atoms with Crippen LogP contribution in [0.2, 0.25) is 5.02 Å². The van der Waals surface area contributed by atoms with Crippen LogP contribution in [0.1, 0.15) is 12.0 Å². The lowest BCUT2D eigenvalue weighted by Crippen LogP contribution is -2.47. The number of halogens is 1. The lowest BCUT2D eigenvalue weighted by atomic mass is 10.2. The number of hydrogen-bond donors (Lipinski definition) is 0. The van der Waals surface area contributed by atoms with E-state index in [2.05, 4.69) is 17.0 Å². The van der Waals surface area contributed by atoms with Gasteiger partial charge in [0.2, 0.25) is 5.91 Å². The third-order valence-corrected chi connectivity index (χ3v) is 5.58. The Bertz CT molecular complexity index is 890. The first-order chi connectivity index (χ1) is 14.1. The average Bonchev–Trinajstić information content (AvgIpc) is 2.96. The fourth-order valence-corrected chi connectivity index (χ4v) is 3.97. The molecular formula is C22H24ClN3O3. The van der Waals surface area contributed by atoms with Crippen molar-refractivity contribution >= 4 is 29.1 Å². The molecular weight excluding hydrogens is 390 g/mol. The number of nitrogens with zero attached hydrogens (tertiary/aromatic N) is 3. The molecule has 2 aromatic rings. The third-order valence-electron chi connectivity index (χ3n) is 5.35. The van der Waals surface area contributed by atoms with E-state index in [-0.39, 0.29) is 25.0 Å². The fourth-order valence-electron chi connectivity index (χ4n) is 3.80. The predicted octanol–water partition coefficient (Wildman–Crippen LogP) is 2.80. The molecule has 2 heterocycles. The number of ether oxygens (including phenoxy) is 1. The Morgan fingerprint density at radius 3 is 2.69 bits per heavy atom. The van der Waals surface area contributed by atoms with Crippen LogP contribution in [0, 0.1) is 0 Å². The quantitative estimate of drug-likeness (QED) is 0.773. The average molecular weight is 414 g/mol. The summed E-state index contributed by atoms with van der Waals surface area (Å²) in [6, 6.07) is 15.5. The van der Waals surface area contributed by atoms with Crippen LogP contribution in [0.5, 0.6) is 5.75 Å². The Balaban J connectivity index is 1.39. The number of hydrogen-bond acceptors (Lipinski definition) is 4. The molecule has 0 atom stereocenters. The Kier molecular flexibility index (Phi) is 6.02. The maximum absolute atomic E-state index is 13.0. The summed E-state index contributed by atoms with van der Waals surface area (Å²) in [5.41, 5.74) is 1.84. The molecule has 2 aromatic carbocycles. The van der Waals surface area contributed by atoms with Crippen molar-refractivity contribution in [1.29, 1.82) is 0 Å². The first-order valence-electron chi connectivity index (χ1n) is 9.87. The second-order valence-corrected chi connectivity index (χ2v) is 7.81. The Morgan fingerprint density at radius 1 is 1.03 bits per heavy atom. The molecule has 0 aromatic heterocycles. The van der Waals surface area contributed by atoms with Crippen molar-refractivity contribution < 1.29 is 14.3 Å². The van der Waals surface area contributed by atoms with Crippen molar-refractivity contribution in [2.45, 2.75) is 13.0 Å². The van der Waals surface area contributed by atoms with Crippen molar-refractivity contribution in [3.05, 3.63) is 59.1 Å². The van der Waals surface area contributed by atoms with E-state index in [1.54, 1.807) is 18.2 Å². The molecule has 29 heavy (non-hydrogen) atoms. The molecule has 2 aliphatic rings. The minimum atomic E-state index is -0.228. The highest BCUT2D eigenvalue weighted by molar-refractivity contribution is 6.31. The van der Waals surface area contributed by atoms with Gasteiger partial charge < -0.3 is 9.64 Å². The smallest absolute Gasteiger partial charge is 0.265 e. The summed E-state index contributed by atoms with van der Waals surface area (Å²) in [5.74, 6) is 0.299. The Morgan fingerprint density at radius 2 is 1.86 bits per heavy atom. The zero-order valence-corrected chi connectivity index (χ0v) is 17.0. The van der Waals surface area contributed by atoms with Gasteiger partial charge in [0.25, 0.3) is 5.91 Å². The minimum Gasteiger partial charge on any atom is -0.482 e. The molecule has 2 amide bonds. The summed E-state index contributed by atoms with van der Waals surface area (Å²) < 4.78 is 5.46. The summed E-state index contributed by atoms with van der Waals surface area (Å²) in [6.07, 6.45) is 0.915. The number of carbonyl (C=O) groups excluding carboxylic acids is 2. The minimum absolute atomic E-state index is 0.00816. The van der Waals surface area contributed by atoms with E-state index >= 15 is 0 Å². The number of carbonyl (C=O) groups is 2. The van der Waals surface area contributed by atoms with Crippen LogP contribution in [-0.2, 0) is 16.1 Å². The van der Waals surface area contributed by atoms with Gasteiger partial charge in [-0.05, 0) is 30.2 Å². The van der Waals surface area contributed by atoms with E-state index in [1.807, 2.05) is 23.1 Å². The molecule has 0 unspecified atom stereocenters. The van der Waals surface area contributed by atoms with Gasteiger partial charge in [0.05, 0.1) is 5.69 Å². The van der Waals surface area contributed by atoms with Gasteiger partial charge in [0.15, 0.2) is 6.61 Å². The normalized spacial score (nSPS) is 17.5. The van der Waals surface area contributed by atoms with Gasteiger partial charge >= 0.3 is 0 Å². The van der Waals surface area contributed by atoms with Gasteiger partial charge in [0, 0.05) is 37.7 Å². The van der Waals surface area contributed by atoms with E-state index in [9.17, 15) is 9.59 Å². The Hall–Kier alpha value is -2.57. The summed E-state index contributed by atoms with van der Waals surface area (Å²) in [7, 11) is 0. The molecule has 4 rings (SSSR count). The van der Waals surface area contributed by atoms with E-state index in [4.69, 9.17) is 16.3 Å². The summed E-state index contributed by atoms with van der Waals surface area (Å²) >= 11 is 6.08. The molecule has 7 heteroatoms. The Labute approximate surface area is 175 Å². The highest BCUT2D eigenvalue weighted by Crippen LogP contribution is 2.34. The SMILES string of the molecule is O=C(CN1C(=O)COc2ccc(Cl)cc21)N1CCCN(Cc2ccccc2)CC1. The summed E-state index contributed by atoms with van der Waals surface area (Å²) in [6.45, 7) is 3.96. The van der Waals surface area contributed by atoms with Gasteiger partial charge in [-0.25, -0.2) is 0 Å². The molecule has 6 nitrogen and oxygen atoms in total. The topological polar surface area (TPSA) is 53.1 Å². The molecule has 1 fully saturated rings. The number of rotatable bonds is 4. The second-order valence-electron chi connectivity index (χ2n) is 7.38.